The molecule has 2 amide bonds. The van der Waals surface area contributed by atoms with E-state index in [0.29, 0.717) is 28.6 Å². The van der Waals surface area contributed by atoms with Gasteiger partial charge < -0.3 is 15.2 Å². The van der Waals surface area contributed by atoms with E-state index in [9.17, 15) is 9.59 Å². The first-order chi connectivity index (χ1) is 17.2. The summed E-state index contributed by atoms with van der Waals surface area (Å²) in [6.45, 7) is 3.85. The van der Waals surface area contributed by atoms with Crippen molar-refractivity contribution in [3.63, 3.8) is 0 Å². The Morgan fingerprint density at radius 3 is 2.69 bits per heavy atom. The maximum absolute atomic E-state index is 14.0. The van der Waals surface area contributed by atoms with Gasteiger partial charge in [0.1, 0.15) is 5.69 Å². The van der Waals surface area contributed by atoms with Crippen LogP contribution in [0.25, 0.3) is 21.3 Å². The van der Waals surface area contributed by atoms with E-state index in [2.05, 4.69) is 16.0 Å². The average molecular weight is 519 g/mol. The van der Waals surface area contributed by atoms with Crippen molar-refractivity contribution < 1.29 is 9.59 Å². The molecule has 1 aliphatic heterocycles. The van der Waals surface area contributed by atoms with Crippen LogP contribution in [0.4, 0.5) is 0 Å². The fourth-order valence-electron chi connectivity index (χ4n) is 5.99. The Morgan fingerprint density at radius 2 is 1.94 bits per heavy atom. The van der Waals surface area contributed by atoms with Crippen molar-refractivity contribution in [2.75, 3.05) is 0 Å². The lowest BCUT2D eigenvalue weighted by atomic mass is 9.96. The zero-order valence-corrected chi connectivity index (χ0v) is 22.0. The van der Waals surface area contributed by atoms with Gasteiger partial charge in [0.05, 0.1) is 15.4 Å². The summed E-state index contributed by atoms with van der Waals surface area (Å²) in [6, 6.07) is 14.0. The molecule has 3 atom stereocenters. The number of hydrogen-bond acceptors (Lipinski definition) is 4. The molecule has 2 aromatic carbocycles. The predicted octanol–water partition coefficient (Wildman–Crippen LogP) is 5.52. The number of hydrogen-bond donors (Lipinski definition) is 1. The van der Waals surface area contributed by atoms with Crippen LogP contribution >= 0.6 is 22.9 Å². The lowest BCUT2D eigenvalue weighted by molar-refractivity contribution is 0.0695. The van der Waals surface area contributed by atoms with Crippen LogP contribution < -0.4 is 5.73 Å². The summed E-state index contributed by atoms with van der Waals surface area (Å²) in [4.78, 5) is 34.0. The molecule has 1 aliphatic carbocycles. The molecule has 2 aromatic heterocycles. The number of amides is 2. The molecular formula is C28H27ClN4O2S. The van der Waals surface area contributed by atoms with Crippen LogP contribution in [-0.2, 0) is 13.5 Å². The number of nitrogens with zero attached hydrogens (tertiary/aromatic N) is 3. The van der Waals surface area contributed by atoms with Crippen molar-refractivity contribution in [3.05, 3.63) is 75.0 Å². The van der Waals surface area contributed by atoms with Crippen molar-refractivity contribution in [1.29, 1.82) is 0 Å². The van der Waals surface area contributed by atoms with E-state index in [0.717, 1.165) is 50.5 Å². The zero-order valence-electron chi connectivity index (χ0n) is 20.4. The molecule has 0 unspecified atom stereocenters. The van der Waals surface area contributed by atoms with Gasteiger partial charge in [-0.15, -0.1) is 11.3 Å². The Labute approximate surface area is 218 Å². The third-order valence-corrected chi connectivity index (χ3v) is 9.03. The van der Waals surface area contributed by atoms with Gasteiger partial charge in [-0.05, 0) is 68.4 Å². The zero-order chi connectivity index (χ0) is 25.3. The van der Waals surface area contributed by atoms with Crippen LogP contribution in [0.15, 0.2) is 42.5 Å². The van der Waals surface area contributed by atoms with Crippen molar-refractivity contribution >= 4 is 45.7 Å². The molecule has 1 saturated carbocycles. The SMILES string of the molecule is Cc1nc(C(=O)N2[C@H](Cc3cccc4c3c(C(N)=O)c(C)n4C)C[C@@H]3C[C@@H]32)c(-c2cccc(Cl)c2)s1. The third-order valence-electron chi connectivity index (χ3n) is 7.78. The number of fused-ring (bicyclic) bond motifs is 2. The Bertz CT molecular complexity index is 1550. The molecule has 2 fully saturated rings. The van der Waals surface area contributed by atoms with Crippen LogP contribution in [0.3, 0.4) is 0 Å². The van der Waals surface area contributed by atoms with Crippen LogP contribution in [0, 0.1) is 19.8 Å². The molecule has 2 aliphatic rings. The van der Waals surface area contributed by atoms with Crippen LogP contribution in [0.5, 0.6) is 0 Å². The number of nitrogens with two attached hydrogens (primary N) is 1. The van der Waals surface area contributed by atoms with E-state index in [4.69, 9.17) is 17.3 Å². The lowest BCUT2D eigenvalue weighted by Gasteiger charge is -2.28. The Kier molecular flexibility index (Phi) is 5.46. The minimum absolute atomic E-state index is 0.0177. The maximum Gasteiger partial charge on any atom is 0.274 e. The van der Waals surface area contributed by atoms with Crippen molar-refractivity contribution in [1.82, 2.24) is 14.5 Å². The lowest BCUT2D eigenvalue weighted by Crippen LogP contribution is -2.40. The van der Waals surface area contributed by atoms with Gasteiger partial charge in [0.15, 0.2) is 0 Å². The highest BCUT2D eigenvalue weighted by Gasteiger charge is 2.54. The monoisotopic (exact) mass is 518 g/mol. The first-order valence-electron chi connectivity index (χ1n) is 12.2. The summed E-state index contributed by atoms with van der Waals surface area (Å²) in [6.07, 6.45) is 2.68. The first kappa shape index (κ1) is 23.3. The highest BCUT2D eigenvalue weighted by molar-refractivity contribution is 7.15. The largest absolute Gasteiger partial charge is 0.366 e. The quantitative estimate of drug-likeness (QED) is 0.378. The van der Waals surface area contributed by atoms with E-state index in [1.807, 2.05) is 61.9 Å². The Morgan fingerprint density at radius 1 is 1.17 bits per heavy atom. The van der Waals surface area contributed by atoms with Crippen molar-refractivity contribution in [2.24, 2.45) is 18.7 Å². The second-order valence-corrected chi connectivity index (χ2v) is 11.6. The fourth-order valence-corrected chi connectivity index (χ4v) is 7.08. The highest BCUT2D eigenvalue weighted by Crippen LogP contribution is 2.50. The number of aryl methyl sites for hydroxylation is 2. The van der Waals surface area contributed by atoms with E-state index in [-0.39, 0.29) is 18.0 Å². The molecule has 0 radical (unpaired) electrons. The molecule has 3 heterocycles. The second-order valence-electron chi connectivity index (χ2n) is 9.99. The normalized spacial score (nSPS) is 20.7. The average Bonchev–Trinajstić information content (AvgIpc) is 3.20. The molecule has 6 rings (SSSR count). The molecule has 0 bridgehead atoms. The van der Waals surface area contributed by atoms with Gasteiger partial charge in [0.2, 0.25) is 0 Å². The van der Waals surface area contributed by atoms with Crippen molar-refractivity contribution in [2.45, 2.75) is 45.2 Å². The van der Waals surface area contributed by atoms with Gasteiger partial charge in [0, 0.05) is 40.8 Å². The van der Waals surface area contributed by atoms with E-state index >= 15 is 0 Å². The highest BCUT2D eigenvalue weighted by atomic mass is 35.5. The molecule has 4 aromatic rings. The summed E-state index contributed by atoms with van der Waals surface area (Å²) in [7, 11) is 1.95. The third kappa shape index (κ3) is 3.64. The minimum Gasteiger partial charge on any atom is -0.366 e. The van der Waals surface area contributed by atoms with E-state index < -0.39 is 5.91 Å². The first-order valence-corrected chi connectivity index (χ1v) is 13.4. The summed E-state index contributed by atoms with van der Waals surface area (Å²) < 4.78 is 2.02. The van der Waals surface area contributed by atoms with Crippen molar-refractivity contribution in [3.8, 4) is 10.4 Å². The van der Waals surface area contributed by atoms with Gasteiger partial charge in [-0.2, -0.15) is 0 Å². The number of primary amides is 1. The van der Waals surface area contributed by atoms with Gasteiger partial charge >= 0.3 is 0 Å². The number of likely N-dealkylation sites (tertiary alicyclic amines) is 1. The number of carbonyl (C=O) groups is 2. The summed E-state index contributed by atoms with van der Waals surface area (Å²) >= 11 is 7.78. The van der Waals surface area contributed by atoms with E-state index in [1.54, 1.807) is 0 Å². The minimum atomic E-state index is -0.420. The van der Waals surface area contributed by atoms with Gasteiger partial charge in [-0.25, -0.2) is 4.98 Å². The van der Waals surface area contributed by atoms with Gasteiger partial charge in [-0.1, -0.05) is 35.9 Å². The summed E-state index contributed by atoms with van der Waals surface area (Å²) in [5, 5.41) is 2.39. The molecule has 6 nitrogen and oxygen atoms in total. The molecule has 8 heteroatoms. The van der Waals surface area contributed by atoms with Crippen LogP contribution in [-0.4, -0.2) is 38.3 Å². The Balaban J connectivity index is 1.38. The number of aromatic nitrogens is 2. The molecule has 36 heavy (non-hydrogen) atoms. The smallest absolute Gasteiger partial charge is 0.274 e. The molecule has 1 saturated heterocycles. The van der Waals surface area contributed by atoms with Gasteiger partial charge in [0.25, 0.3) is 11.8 Å². The van der Waals surface area contributed by atoms with Crippen LogP contribution in [0.2, 0.25) is 5.02 Å². The van der Waals surface area contributed by atoms with Gasteiger partial charge in [-0.3, -0.25) is 9.59 Å². The fraction of sp³-hybridized carbons (Fsp3) is 0.321. The summed E-state index contributed by atoms with van der Waals surface area (Å²) in [5.74, 6) is 0.0911. The summed E-state index contributed by atoms with van der Waals surface area (Å²) in [5.41, 5.74) is 10.7. The maximum atomic E-state index is 14.0. The second kappa shape index (κ2) is 8.46. The number of rotatable bonds is 5. The Hall–Kier alpha value is -3.16. The van der Waals surface area contributed by atoms with Crippen LogP contribution in [0.1, 0.15) is 50.0 Å². The number of benzene rings is 2. The number of piperidine rings is 1. The number of carbonyl (C=O) groups excluding carboxylic acids is 2. The molecule has 2 N–H and O–H groups in total. The molecule has 0 spiro atoms. The number of thiazole rings is 1. The number of halogens is 1. The molecule has 184 valence electrons. The predicted molar refractivity (Wildman–Crippen MR) is 144 cm³/mol. The molecular weight excluding hydrogens is 492 g/mol. The van der Waals surface area contributed by atoms with E-state index in [1.165, 1.54) is 11.3 Å². The standard InChI is InChI=1S/C28H27ClN4O2S/c1-14-23(27(30)34)24-16(6-5-9-21(24)32(14)3)11-20-12-18-13-22(18)33(20)28(35)25-26(36-15(2)31-25)17-7-4-8-19(29)10-17/h4-10,18,20,22H,11-13H2,1-3H3,(H2,30,34)/t18-,20-,22+/m1/s1. The topological polar surface area (TPSA) is 81.2 Å².